The van der Waals surface area contributed by atoms with E-state index in [1.54, 1.807) is 25.1 Å². The Hall–Kier alpha value is -0.850. The van der Waals surface area contributed by atoms with Crippen LogP contribution in [-0.4, -0.2) is 37.6 Å². The summed E-state index contributed by atoms with van der Waals surface area (Å²) in [5.41, 5.74) is 5.47. The fraction of sp³-hybridized carbons (Fsp3) is 0.545. The van der Waals surface area contributed by atoms with E-state index in [0.29, 0.717) is 17.8 Å². The first-order chi connectivity index (χ1) is 8.06. The van der Waals surface area contributed by atoms with E-state index in [9.17, 15) is 4.79 Å². The molecule has 1 heterocycles. The van der Waals surface area contributed by atoms with Crippen LogP contribution in [0.1, 0.15) is 12.2 Å². The van der Waals surface area contributed by atoms with Gasteiger partial charge in [-0.15, -0.1) is 0 Å². The first-order valence-electron chi connectivity index (χ1n) is 5.27. The second-order valence-electron chi connectivity index (χ2n) is 3.75. The molecule has 96 valence electrons. The number of hydrogen-bond acceptors (Lipinski definition) is 4. The van der Waals surface area contributed by atoms with Gasteiger partial charge in [0.25, 0.3) is 0 Å². The quantitative estimate of drug-likeness (QED) is 0.862. The van der Waals surface area contributed by atoms with Crippen LogP contribution in [0.25, 0.3) is 0 Å². The summed E-state index contributed by atoms with van der Waals surface area (Å²) < 4.78 is 11.1. The van der Waals surface area contributed by atoms with Gasteiger partial charge in [0.05, 0.1) is 19.1 Å². The smallest absolute Gasteiger partial charge is 0.225 e. The fourth-order valence-corrected chi connectivity index (χ4v) is 1.71. The molecule has 6 heteroatoms. The number of nitrogens with zero attached hydrogens (tertiary/aromatic N) is 1. The Labute approximate surface area is 109 Å². The number of furan rings is 1. The minimum Gasteiger partial charge on any atom is -0.452 e. The second kappa shape index (κ2) is 6.78. The maximum atomic E-state index is 11.8. The summed E-state index contributed by atoms with van der Waals surface area (Å²) in [6.07, 6.45) is 0.0547. The normalized spacial score (nSPS) is 12.5. The molecule has 17 heavy (non-hydrogen) atoms. The molecule has 1 aromatic heterocycles. The molecule has 1 amide bonds. The Morgan fingerprint density at radius 2 is 2.35 bits per heavy atom. The zero-order valence-corrected chi connectivity index (χ0v) is 11.6. The summed E-state index contributed by atoms with van der Waals surface area (Å²) in [6.45, 7) is 0.772. The van der Waals surface area contributed by atoms with Crippen molar-refractivity contribution >= 4 is 21.8 Å². The molecule has 2 N–H and O–H groups in total. The van der Waals surface area contributed by atoms with Crippen molar-refractivity contribution in [3.63, 3.8) is 0 Å². The van der Waals surface area contributed by atoms with E-state index in [-0.39, 0.29) is 18.4 Å². The summed E-state index contributed by atoms with van der Waals surface area (Å²) in [4.78, 5) is 13.4. The summed E-state index contributed by atoms with van der Waals surface area (Å²) >= 11 is 3.22. The van der Waals surface area contributed by atoms with Gasteiger partial charge in [-0.1, -0.05) is 0 Å². The molecule has 0 fully saturated rings. The molecule has 0 saturated heterocycles. The lowest BCUT2D eigenvalue weighted by Gasteiger charge is -2.19. The molecule has 5 nitrogen and oxygen atoms in total. The van der Waals surface area contributed by atoms with Gasteiger partial charge >= 0.3 is 0 Å². The van der Waals surface area contributed by atoms with Gasteiger partial charge in [0, 0.05) is 20.7 Å². The zero-order valence-electron chi connectivity index (χ0n) is 9.98. The Bertz CT molecular complexity index is 363. The maximum Gasteiger partial charge on any atom is 0.225 e. The monoisotopic (exact) mass is 304 g/mol. The molecule has 1 atom stereocenters. The van der Waals surface area contributed by atoms with Crippen LogP contribution in [0.4, 0.5) is 0 Å². The van der Waals surface area contributed by atoms with Crippen LogP contribution < -0.4 is 5.73 Å². The van der Waals surface area contributed by atoms with E-state index >= 15 is 0 Å². The molecule has 0 aliphatic carbocycles. The number of methoxy groups -OCH3 is 1. The van der Waals surface area contributed by atoms with Crippen LogP contribution in [-0.2, 0) is 16.1 Å². The largest absolute Gasteiger partial charge is 0.452 e. The third kappa shape index (κ3) is 4.49. The minimum atomic E-state index is -0.228. The Morgan fingerprint density at radius 1 is 1.65 bits per heavy atom. The van der Waals surface area contributed by atoms with Crippen molar-refractivity contribution in [3.05, 3.63) is 22.6 Å². The highest BCUT2D eigenvalue weighted by Gasteiger charge is 2.16. The van der Waals surface area contributed by atoms with Crippen molar-refractivity contribution in [1.29, 1.82) is 0 Å². The van der Waals surface area contributed by atoms with Crippen LogP contribution >= 0.6 is 15.9 Å². The van der Waals surface area contributed by atoms with Gasteiger partial charge < -0.3 is 19.8 Å². The van der Waals surface area contributed by atoms with Gasteiger partial charge in [0.1, 0.15) is 5.76 Å². The number of rotatable bonds is 6. The molecular formula is C11H17BrN2O3. The summed E-state index contributed by atoms with van der Waals surface area (Å²) in [5.74, 6) is 0.712. The van der Waals surface area contributed by atoms with E-state index in [0.717, 1.165) is 5.76 Å². The topological polar surface area (TPSA) is 68.7 Å². The van der Waals surface area contributed by atoms with Crippen molar-refractivity contribution in [1.82, 2.24) is 4.90 Å². The molecule has 0 saturated carbocycles. The van der Waals surface area contributed by atoms with E-state index in [4.69, 9.17) is 14.9 Å². The van der Waals surface area contributed by atoms with Crippen LogP contribution in [0, 0.1) is 0 Å². The summed E-state index contributed by atoms with van der Waals surface area (Å²) in [6, 6.07) is 3.62. The van der Waals surface area contributed by atoms with Gasteiger partial charge in [-0.25, -0.2) is 0 Å². The lowest BCUT2D eigenvalue weighted by molar-refractivity contribution is -0.133. The lowest BCUT2D eigenvalue weighted by atomic mass is 10.2. The fourth-order valence-electron chi connectivity index (χ4n) is 1.37. The molecular weight excluding hydrogens is 288 g/mol. The lowest BCUT2D eigenvalue weighted by Crippen LogP contribution is -2.33. The minimum absolute atomic E-state index is 0.0187. The Morgan fingerprint density at radius 3 is 2.82 bits per heavy atom. The number of ether oxygens (including phenoxy) is 1. The van der Waals surface area contributed by atoms with Crippen molar-refractivity contribution in [2.45, 2.75) is 19.1 Å². The molecule has 1 aromatic rings. The molecule has 0 spiro atoms. The first-order valence-corrected chi connectivity index (χ1v) is 6.07. The molecule has 0 radical (unpaired) electrons. The molecule has 0 aromatic carbocycles. The highest BCUT2D eigenvalue weighted by atomic mass is 79.9. The van der Waals surface area contributed by atoms with Crippen molar-refractivity contribution in [2.24, 2.45) is 5.73 Å². The van der Waals surface area contributed by atoms with Crippen molar-refractivity contribution in [2.75, 3.05) is 20.7 Å². The summed E-state index contributed by atoms with van der Waals surface area (Å²) in [7, 11) is 3.27. The SMILES string of the molecule is COC(CN)CC(=O)N(C)Cc1ccc(Br)o1. The third-order valence-electron chi connectivity index (χ3n) is 2.45. The zero-order chi connectivity index (χ0) is 12.8. The van der Waals surface area contributed by atoms with Gasteiger partial charge in [0.15, 0.2) is 4.67 Å². The Kier molecular flexibility index (Phi) is 5.67. The van der Waals surface area contributed by atoms with E-state index in [2.05, 4.69) is 15.9 Å². The number of carbonyl (C=O) groups excluding carboxylic acids is 1. The standard InChI is InChI=1S/C11H17BrN2O3/c1-14(7-8-3-4-10(12)17-8)11(15)5-9(6-13)16-2/h3-4,9H,5-7,13H2,1-2H3. The molecule has 1 unspecified atom stereocenters. The van der Waals surface area contributed by atoms with E-state index in [1.807, 2.05) is 6.07 Å². The molecule has 1 rings (SSSR count). The maximum absolute atomic E-state index is 11.8. The average molecular weight is 305 g/mol. The molecule has 0 aliphatic heterocycles. The third-order valence-corrected chi connectivity index (χ3v) is 2.87. The highest BCUT2D eigenvalue weighted by Crippen LogP contribution is 2.15. The first kappa shape index (κ1) is 14.2. The predicted molar refractivity (Wildman–Crippen MR) is 67.4 cm³/mol. The average Bonchev–Trinajstić information content (AvgIpc) is 2.71. The van der Waals surface area contributed by atoms with Crippen LogP contribution in [0.5, 0.6) is 0 Å². The van der Waals surface area contributed by atoms with Crippen molar-refractivity contribution < 1.29 is 13.9 Å². The van der Waals surface area contributed by atoms with Gasteiger partial charge in [-0.3, -0.25) is 4.79 Å². The van der Waals surface area contributed by atoms with E-state index in [1.165, 1.54) is 0 Å². The highest BCUT2D eigenvalue weighted by molar-refractivity contribution is 9.10. The van der Waals surface area contributed by atoms with Crippen LogP contribution in [0.15, 0.2) is 21.2 Å². The number of amides is 1. The second-order valence-corrected chi connectivity index (χ2v) is 4.53. The van der Waals surface area contributed by atoms with Crippen molar-refractivity contribution in [3.8, 4) is 0 Å². The van der Waals surface area contributed by atoms with Gasteiger partial charge in [0.2, 0.25) is 5.91 Å². The van der Waals surface area contributed by atoms with Crippen LogP contribution in [0.2, 0.25) is 0 Å². The molecule has 0 aliphatic rings. The van der Waals surface area contributed by atoms with Crippen LogP contribution in [0.3, 0.4) is 0 Å². The number of carbonyl (C=O) groups is 1. The molecule has 0 bridgehead atoms. The number of hydrogen-bond donors (Lipinski definition) is 1. The number of halogens is 1. The van der Waals surface area contributed by atoms with Gasteiger partial charge in [-0.2, -0.15) is 0 Å². The predicted octanol–water partition coefficient (Wildman–Crippen LogP) is 1.36. The van der Waals surface area contributed by atoms with E-state index < -0.39 is 0 Å². The van der Waals surface area contributed by atoms with Gasteiger partial charge in [-0.05, 0) is 28.1 Å². The Balaban J connectivity index is 2.46. The summed E-state index contributed by atoms with van der Waals surface area (Å²) in [5, 5.41) is 0. The number of nitrogens with two attached hydrogens (primary N) is 1.